The van der Waals surface area contributed by atoms with Crippen LogP contribution in [-0.2, 0) is 13.2 Å². The van der Waals surface area contributed by atoms with Crippen molar-refractivity contribution in [1.82, 2.24) is 9.13 Å². The first kappa shape index (κ1) is 17.7. The largest absolute Gasteiger partial charge is 0.484 e. The van der Waals surface area contributed by atoms with Crippen LogP contribution in [0.4, 0.5) is 13.2 Å². The van der Waals surface area contributed by atoms with Crippen LogP contribution in [0.3, 0.4) is 0 Å². The minimum absolute atomic E-state index is 0.0566. The molecule has 0 atom stereocenters. The van der Waals surface area contributed by atoms with Crippen molar-refractivity contribution in [3.05, 3.63) is 48.7 Å². The van der Waals surface area contributed by atoms with Crippen LogP contribution in [0, 0.1) is 0 Å². The van der Waals surface area contributed by atoms with Gasteiger partial charge >= 0.3 is 11.9 Å². The van der Waals surface area contributed by atoms with Crippen molar-refractivity contribution in [2.45, 2.75) is 6.18 Å². The number of ether oxygens (including phenoxy) is 2. The molecular formula is C14H9Cl2F3N2O4. The molecule has 1 aliphatic rings. The lowest BCUT2D eigenvalue weighted by molar-refractivity contribution is -0.144. The normalized spacial score (nSPS) is 13.8. The number of hydrogen-bond donors (Lipinski definition) is 0. The molecule has 0 unspecified atom stereocenters. The van der Waals surface area contributed by atoms with E-state index in [-0.39, 0.29) is 40.4 Å². The Kier molecular flexibility index (Phi) is 4.24. The Labute approximate surface area is 147 Å². The maximum Gasteiger partial charge on any atom is 0.431 e. The Morgan fingerprint density at radius 1 is 1.04 bits per heavy atom. The highest BCUT2D eigenvalue weighted by molar-refractivity contribution is 6.37. The second kappa shape index (κ2) is 5.99. The highest BCUT2D eigenvalue weighted by Crippen LogP contribution is 2.45. The van der Waals surface area contributed by atoms with Crippen molar-refractivity contribution in [3.63, 3.8) is 0 Å². The molecule has 6 nitrogen and oxygen atoms in total. The van der Waals surface area contributed by atoms with Crippen molar-refractivity contribution < 1.29 is 22.6 Å². The van der Waals surface area contributed by atoms with Gasteiger partial charge in [-0.15, -0.1) is 0 Å². The Morgan fingerprint density at radius 3 is 2.24 bits per heavy atom. The molecule has 1 aliphatic heterocycles. The van der Waals surface area contributed by atoms with E-state index in [1.165, 1.54) is 6.07 Å². The molecule has 25 heavy (non-hydrogen) atoms. The van der Waals surface area contributed by atoms with Crippen molar-refractivity contribution >= 4 is 23.2 Å². The summed E-state index contributed by atoms with van der Waals surface area (Å²) in [5, 5.41) is -0.0616. The average Bonchev–Trinajstić information content (AvgIpc) is 2.53. The molecule has 2 heterocycles. The first-order valence-corrected chi connectivity index (χ1v) is 7.56. The number of benzene rings is 1. The van der Waals surface area contributed by atoms with E-state index in [0.717, 1.165) is 7.05 Å². The zero-order valence-electron chi connectivity index (χ0n) is 12.5. The molecule has 134 valence electrons. The van der Waals surface area contributed by atoms with Gasteiger partial charge in [0, 0.05) is 13.1 Å². The Bertz CT molecular complexity index is 982. The van der Waals surface area contributed by atoms with Gasteiger partial charge in [-0.25, -0.2) is 9.36 Å². The number of halogens is 5. The smallest absolute Gasteiger partial charge is 0.431 e. The average molecular weight is 397 g/mol. The van der Waals surface area contributed by atoms with E-state index < -0.39 is 23.1 Å². The molecular weight excluding hydrogens is 388 g/mol. The fourth-order valence-corrected chi connectivity index (χ4v) is 3.02. The monoisotopic (exact) mass is 396 g/mol. The quantitative estimate of drug-likeness (QED) is 0.743. The molecule has 0 amide bonds. The fourth-order valence-electron chi connectivity index (χ4n) is 2.44. The van der Waals surface area contributed by atoms with E-state index in [4.69, 9.17) is 32.7 Å². The van der Waals surface area contributed by atoms with Crippen LogP contribution in [-0.4, -0.2) is 22.3 Å². The topological polar surface area (TPSA) is 62.5 Å². The summed E-state index contributed by atoms with van der Waals surface area (Å²) < 4.78 is 50.4. The standard InChI is InChI=1S/C14H9Cl2F3N2O4/c1-20-8(14(17,18)19)5-9(22)21(13(20)23)10-6(15)4-7(16)11-12(10)25-3-2-24-11/h4-5H,2-3H2,1H3. The van der Waals surface area contributed by atoms with E-state index >= 15 is 0 Å². The van der Waals surface area contributed by atoms with Crippen molar-refractivity contribution in [3.8, 4) is 17.2 Å². The number of aromatic nitrogens is 2. The van der Waals surface area contributed by atoms with E-state index in [2.05, 4.69) is 0 Å². The lowest BCUT2D eigenvalue weighted by atomic mass is 10.2. The van der Waals surface area contributed by atoms with Crippen LogP contribution in [0.5, 0.6) is 11.5 Å². The molecule has 0 bridgehead atoms. The maximum absolute atomic E-state index is 13.0. The SMILES string of the molecule is Cn1c(C(F)(F)F)cc(=O)n(-c2c(Cl)cc(Cl)c3c2OCCO3)c1=O. The summed E-state index contributed by atoms with van der Waals surface area (Å²) in [6.45, 7) is 0.264. The highest BCUT2D eigenvalue weighted by Gasteiger charge is 2.36. The number of nitrogens with zero attached hydrogens (tertiary/aromatic N) is 2. The van der Waals surface area contributed by atoms with Gasteiger partial charge in [0.1, 0.15) is 24.6 Å². The molecule has 0 aliphatic carbocycles. The van der Waals surface area contributed by atoms with Gasteiger partial charge in [-0.05, 0) is 6.07 Å². The molecule has 0 spiro atoms. The second-order valence-corrected chi connectivity index (χ2v) is 5.90. The van der Waals surface area contributed by atoms with Crippen molar-refractivity contribution in [2.24, 2.45) is 7.05 Å². The van der Waals surface area contributed by atoms with Gasteiger partial charge in [-0.3, -0.25) is 9.36 Å². The van der Waals surface area contributed by atoms with E-state index in [1.54, 1.807) is 0 Å². The van der Waals surface area contributed by atoms with E-state index in [9.17, 15) is 22.8 Å². The summed E-state index contributed by atoms with van der Waals surface area (Å²) in [4.78, 5) is 24.7. The summed E-state index contributed by atoms with van der Waals surface area (Å²) in [5.41, 5.74) is -4.05. The Balaban J connectivity index is 2.38. The zero-order chi connectivity index (χ0) is 18.5. The predicted octanol–water partition coefficient (Wildman–Crippen LogP) is 2.63. The third-order valence-electron chi connectivity index (χ3n) is 3.53. The van der Waals surface area contributed by atoms with Crippen LogP contribution in [0.25, 0.3) is 5.69 Å². The molecule has 11 heteroatoms. The van der Waals surface area contributed by atoms with Crippen LogP contribution < -0.4 is 20.7 Å². The molecule has 1 aromatic heterocycles. The summed E-state index contributed by atoms with van der Waals surface area (Å²) in [7, 11) is 0.898. The van der Waals surface area contributed by atoms with Gasteiger partial charge in [-0.1, -0.05) is 23.2 Å². The van der Waals surface area contributed by atoms with Gasteiger partial charge in [-0.2, -0.15) is 13.2 Å². The molecule has 0 radical (unpaired) electrons. The lowest BCUT2D eigenvalue weighted by Gasteiger charge is -2.23. The van der Waals surface area contributed by atoms with Crippen LogP contribution in [0.2, 0.25) is 10.0 Å². The van der Waals surface area contributed by atoms with Crippen LogP contribution in [0.1, 0.15) is 5.69 Å². The molecule has 1 aromatic carbocycles. The highest BCUT2D eigenvalue weighted by atomic mass is 35.5. The second-order valence-electron chi connectivity index (χ2n) is 5.09. The van der Waals surface area contributed by atoms with Gasteiger partial charge in [0.25, 0.3) is 5.56 Å². The summed E-state index contributed by atoms with van der Waals surface area (Å²) in [6.07, 6.45) is -4.87. The minimum Gasteiger partial charge on any atom is -0.484 e. The maximum atomic E-state index is 13.0. The van der Waals surface area contributed by atoms with Crippen LogP contribution in [0.15, 0.2) is 21.7 Å². The summed E-state index contributed by atoms with van der Waals surface area (Å²) >= 11 is 12.1. The third-order valence-corrected chi connectivity index (χ3v) is 4.10. The van der Waals surface area contributed by atoms with Crippen LogP contribution >= 0.6 is 23.2 Å². The van der Waals surface area contributed by atoms with E-state index in [0.29, 0.717) is 15.2 Å². The van der Waals surface area contributed by atoms with E-state index in [1.807, 2.05) is 0 Å². The molecule has 2 aromatic rings. The number of alkyl halides is 3. The Hall–Kier alpha value is -2.13. The number of hydrogen-bond acceptors (Lipinski definition) is 4. The van der Waals surface area contributed by atoms with Crippen molar-refractivity contribution in [1.29, 1.82) is 0 Å². The van der Waals surface area contributed by atoms with Gasteiger partial charge in [0.15, 0.2) is 11.5 Å². The predicted molar refractivity (Wildman–Crippen MR) is 83.3 cm³/mol. The molecule has 3 rings (SSSR count). The summed E-state index contributed by atoms with van der Waals surface area (Å²) in [6, 6.07) is 1.53. The summed E-state index contributed by atoms with van der Waals surface area (Å²) in [5.74, 6) is -0.0242. The first-order chi connectivity index (χ1) is 11.6. The molecule has 0 saturated carbocycles. The zero-order valence-corrected chi connectivity index (χ0v) is 14.0. The Morgan fingerprint density at radius 2 is 1.64 bits per heavy atom. The first-order valence-electron chi connectivity index (χ1n) is 6.81. The fraction of sp³-hybridized carbons (Fsp3) is 0.286. The number of fused-ring (bicyclic) bond motifs is 1. The molecule has 0 fully saturated rings. The number of rotatable bonds is 1. The third kappa shape index (κ3) is 2.87. The van der Waals surface area contributed by atoms with Crippen molar-refractivity contribution in [2.75, 3.05) is 13.2 Å². The molecule has 0 saturated heterocycles. The lowest BCUT2D eigenvalue weighted by Crippen LogP contribution is -2.41. The van der Waals surface area contributed by atoms with Gasteiger partial charge < -0.3 is 9.47 Å². The van der Waals surface area contributed by atoms with Gasteiger partial charge in [0.2, 0.25) is 0 Å². The molecule has 0 N–H and O–H groups in total. The minimum atomic E-state index is -4.87. The van der Waals surface area contributed by atoms with Gasteiger partial charge in [0.05, 0.1) is 10.0 Å².